The van der Waals surface area contributed by atoms with Crippen molar-refractivity contribution in [2.75, 3.05) is 38.5 Å². The number of alkyl halides is 3. The summed E-state index contributed by atoms with van der Waals surface area (Å²) < 4.78 is 41.0. The van der Waals surface area contributed by atoms with E-state index in [9.17, 15) is 18.0 Å². The van der Waals surface area contributed by atoms with E-state index in [-0.39, 0.29) is 22.6 Å². The van der Waals surface area contributed by atoms with Crippen molar-refractivity contribution in [1.29, 1.82) is 0 Å². The number of carbonyl (C=O) groups is 1. The smallest absolute Gasteiger partial charge is 0.321 e. The Kier molecular flexibility index (Phi) is 6.35. The van der Waals surface area contributed by atoms with E-state index in [2.05, 4.69) is 31.8 Å². The number of nitrogens with one attached hydrogen (secondary N) is 1. The van der Waals surface area contributed by atoms with Crippen LogP contribution in [0.1, 0.15) is 15.4 Å². The zero-order valence-corrected chi connectivity index (χ0v) is 16.1. The molecular weight excluding hydrogens is 399 g/mol. The molecule has 0 spiro atoms. The Morgan fingerprint density at radius 3 is 2.52 bits per heavy atom. The van der Waals surface area contributed by atoms with Gasteiger partial charge in [-0.15, -0.1) is 5.10 Å². The molecule has 0 saturated carbocycles. The third kappa shape index (κ3) is 5.89. The van der Waals surface area contributed by atoms with Crippen LogP contribution in [0.2, 0.25) is 0 Å². The zero-order valence-electron chi connectivity index (χ0n) is 14.5. The first kappa shape index (κ1) is 20.1. The number of amides is 1. The molecule has 146 valence electrons. The van der Waals surface area contributed by atoms with E-state index >= 15 is 0 Å². The average Bonchev–Trinajstić information content (AvgIpc) is 3.06. The molecule has 27 heavy (non-hydrogen) atoms. The van der Waals surface area contributed by atoms with E-state index in [4.69, 9.17) is 0 Å². The molecule has 0 bridgehead atoms. The molecule has 0 unspecified atom stereocenters. The van der Waals surface area contributed by atoms with Crippen LogP contribution in [0, 0.1) is 0 Å². The van der Waals surface area contributed by atoms with Crippen molar-refractivity contribution in [3.05, 3.63) is 34.8 Å². The molecule has 2 heterocycles. The van der Waals surface area contributed by atoms with Crippen molar-refractivity contribution in [1.82, 2.24) is 19.4 Å². The maximum atomic E-state index is 12.5. The van der Waals surface area contributed by atoms with Crippen LogP contribution >= 0.6 is 23.3 Å². The molecule has 1 N–H and O–H groups in total. The summed E-state index contributed by atoms with van der Waals surface area (Å²) >= 11 is 0.822. The number of thioether (sulfide) groups is 1. The van der Waals surface area contributed by atoms with Crippen molar-refractivity contribution in [2.24, 2.45) is 0 Å². The van der Waals surface area contributed by atoms with Crippen LogP contribution in [0.5, 0.6) is 0 Å². The number of rotatable bonds is 5. The minimum atomic E-state index is -4.34. The lowest BCUT2D eigenvalue weighted by molar-refractivity contribution is -0.0328. The first-order valence-electron chi connectivity index (χ1n) is 8.19. The number of halogens is 3. The van der Waals surface area contributed by atoms with Crippen molar-refractivity contribution in [3.8, 4) is 0 Å². The van der Waals surface area contributed by atoms with Crippen LogP contribution in [0.15, 0.2) is 29.2 Å². The van der Waals surface area contributed by atoms with Gasteiger partial charge in [0.1, 0.15) is 10.6 Å². The third-order valence-electron chi connectivity index (χ3n) is 4.08. The summed E-state index contributed by atoms with van der Waals surface area (Å²) in [6.45, 7) is 4.26. The van der Waals surface area contributed by atoms with Gasteiger partial charge in [0.2, 0.25) is 0 Å². The summed E-state index contributed by atoms with van der Waals surface area (Å²) in [5.41, 5.74) is -3.30. The van der Waals surface area contributed by atoms with E-state index in [1.54, 1.807) is 0 Å². The lowest BCUT2D eigenvalue weighted by atomic mass is 10.2. The molecule has 1 aliphatic heterocycles. The summed E-state index contributed by atoms with van der Waals surface area (Å²) in [7, 11) is 2.07. The minimum absolute atomic E-state index is 0.0655. The van der Waals surface area contributed by atoms with Gasteiger partial charge in [-0.2, -0.15) is 13.2 Å². The molecule has 1 amide bonds. The minimum Gasteiger partial charge on any atom is -0.321 e. The Hall–Kier alpha value is -1.69. The highest BCUT2D eigenvalue weighted by Crippen LogP contribution is 2.37. The van der Waals surface area contributed by atoms with E-state index in [1.165, 1.54) is 24.3 Å². The molecular formula is C16H18F3N5OS2. The summed E-state index contributed by atoms with van der Waals surface area (Å²) in [6.07, 6.45) is 0. The number of piperazine rings is 1. The highest BCUT2D eigenvalue weighted by molar-refractivity contribution is 8.00. The monoisotopic (exact) mass is 417 g/mol. The first-order chi connectivity index (χ1) is 12.8. The van der Waals surface area contributed by atoms with Gasteiger partial charge in [0.25, 0.3) is 5.91 Å². The summed E-state index contributed by atoms with van der Waals surface area (Å²) in [5, 5.41) is 6.76. The Balaban J connectivity index is 1.61. The van der Waals surface area contributed by atoms with Crippen molar-refractivity contribution in [2.45, 2.75) is 16.9 Å². The number of benzene rings is 1. The van der Waals surface area contributed by atoms with Gasteiger partial charge in [0, 0.05) is 43.3 Å². The molecule has 1 aliphatic rings. The zero-order chi connectivity index (χ0) is 19.4. The lowest BCUT2D eigenvalue weighted by Crippen LogP contribution is -2.44. The highest BCUT2D eigenvalue weighted by Gasteiger charge is 2.29. The van der Waals surface area contributed by atoms with Gasteiger partial charge < -0.3 is 10.2 Å². The third-order valence-corrected chi connectivity index (χ3v) is 5.58. The Morgan fingerprint density at radius 1 is 1.22 bits per heavy atom. The second-order valence-corrected chi connectivity index (χ2v) is 8.05. The number of nitrogens with zero attached hydrogens (tertiary/aromatic N) is 4. The van der Waals surface area contributed by atoms with Gasteiger partial charge in [0.05, 0.1) is 0 Å². The number of hydrogen-bond donors (Lipinski definition) is 1. The topological polar surface area (TPSA) is 61.4 Å². The number of anilines is 1. The van der Waals surface area contributed by atoms with Gasteiger partial charge in [-0.3, -0.25) is 9.69 Å². The number of aromatic nitrogens is 2. The lowest BCUT2D eigenvalue weighted by Gasteiger charge is -2.31. The fourth-order valence-electron chi connectivity index (χ4n) is 2.63. The molecule has 1 aromatic carbocycles. The van der Waals surface area contributed by atoms with Crippen molar-refractivity contribution < 1.29 is 18.0 Å². The summed E-state index contributed by atoms with van der Waals surface area (Å²) in [4.78, 5) is 17.5. The molecule has 11 heteroatoms. The number of likely N-dealkylation sites (N-methyl/N-ethyl adjacent to an activating group) is 1. The van der Waals surface area contributed by atoms with Crippen LogP contribution in [0.25, 0.3) is 0 Å². The van der Waals surface area contributed by atoms with Gasteiger partial charge in [-0.25, -0.2) is 0 Å². The molecule has 0 atom stereocenters. The Labute approximate surface area is 162 Å². The highest BCUT2D eigenvalue weighted by atomic mass is 32.2. The van der Waals surface area contributed by atoms with Gasteiger partial charge in [-0.05, 0) is 54.6 Å². The SMILES string of the molecule is CN1CCN(Cc2nnsc2C(=O)Nc2ccc(SC(F)(F)F)cc2)CC1. The normalized spacial score (nSPS) is 16.4. The summed E-state index contributed by atoms with van der Waals surface area (Å²) in [6, 6.07) is 5.54. The first-order valence-corrected chi connectivity index (χ1v) is 9.78. The molecule has 3 rings (SSSR count). The predicted octanol–water partition coefficient (Wildman–Crippen LogP) is 3.15. The van der Waals surface area contributed by atoms with E-state index in [1.807, 2.05) is 0 Å². The predicted molar refractivity (Wildman–Crippen MR) is 99.0 cm³/mol. The van der Waals surface area contributed by atoms with Crippen molar-refractivity contribution in [3.63, 3.8) is 0 Å². The largest absolute Gasteiger partial charge is 0.446 e. The maximum Gasteiger partial charge on any atom is 0.446 e. The molecule has 1 aromatic heterocycles. The standard InChI is InChI=1S/C16H18F3N5OS2/c1-23-6-8-24(9-7-23)10-13-14(27-22-21-13)15(25)20-11-2-4-12(5-3-11)26-16(17,18)19/h2-5H,6-10H2,1H3,(H,20,25). The summed E-state index contributed by atoms with van der Waals surface area (Å²) in [5.74, 6) is -0.356. The van der Waals surface area contributed by atoms with Gasteiger partial charge in [0.15, 0.2) is 0 Å². The van der Waals surface area contributed by atoms with Crippen LogP contribution in [-0.4, -0.2) is 64.0 Å². The van der Waals surface area contributed by atoms with Crippen LogP contribution < -0.4 is 5.32 Å². The van der Waals surface area contributed by atoms with Gasteiger partial charge >= 0.3 is 5.51 Å². The average molecular weight is 417 g/mol. The molecule has 1 fully saturated rings. The van der Waals surface area contributed by atoms with Crippen LogP contribution in [-0.2, 0) is 6.54 Å². The van der Waals surface area contributed by atoms with Crippen LogP contribution in [0.3, 0.4) is 0 Å². The second-order valence-electron chi connectivity index (χ2n) is 6.15. The number of hydrogen-bond acceptors (Lipinski definition) is 7. The molecule has 0 aliphatic carbocycles. The van der Waals surface area contributed by atoms with E-state index in [0.717, 1.165) is 37.7 Å². The van der Waals surface area contributed by atoms with E-state index in [0.29, 0.717) is 22.8 Å². The second kappa shape index (κ2) is 8.55. The fraction of sp³-hybridized carbons (Fsp3) is 0.438. The van der Waals surface area contributed by atoms with Crippen LogP contribution in [0.4, 0.5) is 18.9 Å². The number of carbonyl (C=O) groups excluding carboxylic acids is 1. The maximum absolute atomic E-state index is 12.5. The Morgan fingerprint density at radius 2 is 1.89 bits per heavy atom. The quantitative estimate of drug-likeness (QED) is 0.755. The molecule has 6 nitrogen and oxygen atoms in total. The molecule has 2 aromatic rings. The van der Waals surface area contributed by atoms with E-state index < -0.39 is 5.51 Å². The molecule has 1 saturated heterocycles. The Bertz CT molecular complexity index is 773. The van der Waals surface area contributed by atoms with Gasteiger partial charge in [-0.1, -0.05) is 4.49 Å². The fourth-order valence-corrected chi connectivity index (χ4v) is 3.74. The van der Waals surface area contributed by atoms with Crippen molar-refractivity contribution >= 4 is 34.9 Å². The molecule has 0 radical (unpaired) electrons.